The first-order chi connectivity index (χ1) is 40.6. The Labute approximate surface area is 509 Å². The summed E-state index contributed by atoms with van der Waals surface area (Å²) in [5.41, 5.74) is 0. The molecule has 0 saturated carbocycles. The van der Waals surface area contributed by atoms with E-state index < -0.39 is 24.3 Å². The summed E-state index contributed by atoms with van der Waals surface area (Å²) in [6.45, 7) is 4.74. The number of carboxylic acids is 1. The van der Waals surface area contributed by atoms with Crippen molar-refractivity contribution in [1.29, 1.82) is 0 Å². The largest absolute Gasteiger partial charge is 0.477 e. The Kier molecular flexibility index (Phi) is 60.0. The van der Waals surface area contributed by atoms with E-state index in [-0.39, 0.29) is 38.6 Å². The lowest BCUT2D eigenvalue weighted by Gasteiger charge is -2.25. The molecule has 0 aromatic heterocycles. The number of hydrogen-bond acceptors (Lipinski definition) is 7. The van der Waals surface area contributed by atoms with Gasteiger partial charge in [-0.3, -0.25) is 9.59 Å². The van der Waals surface area contributed by atoms with Crippen molar-refractivity contribution in [3.63, 3.8) is 0 Å². The van der Waals surface area contributed by atoms with Crippen molar-refractivity contribution in [1.82, 2.24) is 0 Å². The van der Waals surface area contributed by atoms with Crippen LogP contribution in [0.3, 0.4) is 0 Å². The van der Waals surface area contributed by atoms with E-state index in [0.717, 1.165) is 122 Å². The van der Waals surface area contributed by atoms with E-state index in [2.05, 4.69) is 148 Å². The van der Waals surface area contributed by atoms with Gasteiger partial charge in [-0.1, -0.05) is 263 Å². The average molecular weight is 1160 g/mol. The number of carboxylic acid groups (broad SMARTS) is 1. The van der Waals surface area contributed by atoms with E-state index in [0.29, 0.717) is 17.4 Å². The number of allylic oxidation sites excluding steroid dienone is 22. The minimum atomic E-state index is -1.52. The number of rotatable bonds is 60. The summed E-state index contributed by atoms with van der Waals surface area (Å²) < 4.78 is 22.9. The van der Waals surface area contributed by atoms with Crippen LogP contribution in [0.5, 0.6) is 0 Å². The molecule has 0 aliphatic carbocycles. The number of quaternary nitrogens is 1. The molecule has 2 unspecified atom stereocenters. The van der Waals surface area contributed by atoms with E-state index in [9.17, 15) is 19.5 Å². The van der Waals surface area contributed by atoms with Crippen molar-refractivity contribution in [3.05, 3.63) is 134 Å². The Morgan fingerprint density at radius 3 is 1.02 bits per heavy atom. The maximum Gasteiger partial charge on any atom is 0.361 e. The van der Waals surface area contributed by atoms with Crippen molar-refractivity contribution in [2.24, 2.45) is 0 Å². The maximum atomic E-state index is 12.9. The maximum absolute atomic E-state index is 12.9. The number of hydrogen-bond donors (Lipinski definition) is 1. The predicted octanol–water partition coefficient (Wildman–Crippen LogP) is 20.6. The van der Waals surface area contributed by atoms with Crippen LogP contribution in [0.4, 0.5) is 0 Å². The Bertz CT molecular complexity index is 1820. The summed E-state index contributed by atoms with van der Waals surface area (Å²) in [6.07, 6.45) is 88.3. The normalized spacial score (nSPS) is 13.6. The van der Waals surface area contributed by atoms with E-state index in [1.807, 2.05) is 21.1 Å². The second kappa shape index (κ2) is 63.5. The smallest absolute Gasteiger partial charge is 0.361 e. The molecule has 472 valence electrons. The van der Waals surface area contributed by atoms with Gasteiger partial charge >= 0.3 is 17.9 Å². The third-order valence-electron chi connectivity index (χ3n) is 13.9. The van der Waals surface area contributed by atoms with Gasteiger partial charge in [-0.2, -0.15) is 0 Å². The number of likely N-dealkylation sites (N-methyl/N-ethyl adjacent to an activating group) is 1. The molecule has 0 rings (SSSR count). The van der Waals surface area contributed by atoms with Gasteiger partial charge in [0.15, 0.2) is 6.10 Å². The SMILES string of the molecule is CC/C=C\C/C=C\C/C=C\C/C=C\C/C=C\C/C=C\C/C=C\C/C=C\CCCCCCCCCCCCC(=O)OC(COC(=O)CCCCCCCCCC/C=C\C/C=C\C/C=C\CCCCCCC)COC(OCC[N+](C)(C)C)C(=O)O. The zero-order valence-corrected chi connectivity index (χ0v) is 53.8. The molecule has 0 bridgehead atoms. The molecule has 0 heterocycles. The summed E-state index contributed by atoms with van der Waals surface area (Å²) in [7, 11) is 5.96. The Morgan fingerprint density at radius 1 is 0.373 bits per heavy atom. The third-order valence-corrected chi connectivity index (χ3v) is 13.9. The topological polar surface area (TPSA) is 108 Å². The lowest BCUT2D eigenvalue weighted by Crippen LogP contribution is -2.40. The van der Waals surface area contributed by atoms with Crippen LogP contribution in [0, 0.1) is 0 Å². The highest BCUT2D eigenvalue weighted by Gasteiger charge is 2.25. The Balaban J connectivity index is 4.21. The summed E-state index contributed by atoms with van der Waals surface area (Å²) >= 11 is 0. The molecule has 1 N–H and O–H groups in total. The van der Waals surface area contributed by atoms with Crippen molar-refractivity contribution in [2.75, 3.05) is 47.5 Å². The first-order valence-corrected chi connectivity index (χ1v) is 33.3. The highest BCUT2D eigenvalue weighted by atomic mass is 16.7. The number of carbonyl (C=O) groups excluding carboxylic acids is 2. The second-order valence-electron chi connectivity index (χ2n) is 23.0. The summed E-state index contributed by atoms with van der Waals surface area (Å²) in [5, 5.41) is 9.74. The van der Waals surface area contributed by atoms with Crippen molar-refractivity contribution in [3.8, 4) is 0 Å². The van der Waals surface area contributed by atoms with Crippen LogP contribution in [0.1, 0.15) is 258 Å². The number of esters is 2. The molecule has 0 saturated heterocycles. The van der Waals surface area contributed by atoms with Crippen LogP contribution in [-0.2, 0) is 33.3 Å². The zero-order chi connectivity index (χ0) is 60.5. The van der Waals surface area contributed by atoms with Gasteiger partial charge < -0.3 is 28.5 Å². The third kappa shape index (κ3) is 64.8. The molecular weight excluding hydrogens is 1030 g/mol. The van der Waals surface area contributed by atoms with E-state index in [1.165, 1.54) is 103 Å². The number of aliphatic carboxylic acids is 1. The summed E-state index contributed by atoms with van der Waals surface area (Å²) in [6, 6.07) is 0. The molecule has 0 aromatic carbocycles. The number of nitrogens with zero attached hydrogens (tertiary/aromatic N) is 1. The zero-order valence-electron chi connectivity index (χ0n) is 53.8. The quantitative estimate of drug-likeness (QED) is 0.0211. The number of unbranched alkanes of at least 4 members (excludes halogenated alkanes) is 23. The highest BCUT2D eigenvalue weighted by molar-refractivity contribution is 5.71. The van der Waals surface area contributed by atoms with Crippen LogP contribution in [-0.4, -0.2) is 87.4 Å². The molecule has 0 aliphatic heterocycles. The van der Waals surface area contributed by atoms with Crippen molar-refractivity contribution in [2.45, 2.75) is 270 Å². The molecule has 9 heteroatoms. The first kappa shape index (κ1) is 78.4. The van der Waals surface area contributed by atoms with Crippen LogP contribution in [0.2, 0.25) is 0 Å². The van der Waals surface area contributed by atoms with Gasteiger partial charge in [-0.05, 0) is 116 Å². The first-order valence-electron chi connectivity index (χ1n) is 33.3. The fourth-order valence-corrected chi connectivity index (χ4v) is 8.80. The monoisotopic (exact) mass is 1150 g/mol. The van der Waals surface area contributed by atoms with Crippen LogP contribution in [0.15, 0.2) is 134 Å². The van der Waals surface area contributed by atoms with Gasteiger partial charge in [0.05, 0.1) is 34.4 Å². The molecular formula is C74H124NO8+. The number of ether oxygens (including phenoxy) is 4. The molecule has 0 aliphatic rings. The van der Waals surface area contributed by atoms with Gasteiger partial charge in [0.1, 0.15) is 13.2 Å². The summed E-state index contributed by atoms with van der Waals surface area (Å²) in [5.74, 6) is -2.03. The minimum absolute atomic E-state index is 0.179. The molecule has 0 spiro atoms. The van der Waals surface area contributed by atoms with Gasteiger partial charge in [-0.25, -0.2) is 4.79 Å². The van der Waals surface area contributed by atoms with Crippen LogP contribution >= 0.6 is 0 Å². The van der Waals surface area contributed by atoms with E-state index in [4.69, 9.17) is 18.9 Å². The molecule has 2 atom stereocenters. The molecule has 0 fully saturated rings. The molecule has 0 radical (unpaired) electrons. The van der Waals surface area contributed by atoms with Crippen molar-refractivity contribution < 1.29 is 42.9 Å². The lowest BCUT2D eigenvalue weighted by atomic mass is 10.0. The molecule has 83 heavy (non-hydrogen) atoms. The molecule has 9 nitrogen and oxygen atoms in total. The minimum Gasteiger partial charge on any atom is -0.477 e. The van der Waals surface area contributed by atoms with Gasteiger partial charge in [0.2, 0.25) is 0 Å². The highest BCUT2D eigenvalue weighted by Crippen LogP contribution is 2.15. The number of carbonyl (C=O) groups is 3. The van der Waals surface area contributed by atoms with E-state index in [1.54, 1.807) is 0 Å². The average Bonchev–Trinajstić information content (AvgIpc) is 3.46. The van der Waals surface area contributed by atoms with Crippen LogP contribution < -0.4 is 0 Å². The standard InChI is InChI=1S/C74H123NO8/c1-6-8-10-12-14-16-18-20-22-24-26-28-30-31-32-33-34-35-36-37-38-39-40-41-43-45-47-49-51-53-55-57-59-61-63-65-72(77)83-70(69-82-74(73(78)79)80-67-66-75(3,4)5)68-81-71(76)64-62-60-58-56-54-52-50-48-46-44-42-29-27-25-23-21-19-17-15-13-11-9-7-2/h8,10,14,16,19-22,25-28,31-32,34-35,37-38,40-42,44,70,74H,6-7,9,11-13,15,17-18,23-24,29-30,33,36,39,43,45-69H2,1-5H3/p+1/b10-8-,16-14-,21-19-,22-20-,27-25-,28-26-,32-31-,35-34-,38-37-,41-40-,44-42-. The fourth-order valence-electron chi connectivity index (χ4n) is 8.80. The lowest BCUT2D eigenvalue weighted by molar-refractivity contribution is -0.870. The second-order valence-corrected chi connectivity index (χ2v) is 23.0. The predicted molar refractivity (Wildman–Crippen MR) is 354 cm³/mol. The summed E-state index contributed by atoms with van der Waals surface area (Å²) in [4.78, 5) is 37.6. The Hall–Kier alpha value is -4.57. The van der Waals surface area contributed by atoms with Gasteiger partial charge in [-0.15, -0.1) is 0 Å². The van der Waals surface area contributed by atoms with Gasteiger partial charge in [0.25, 0.3) is 6.29 Å². The molecule has 0 aromatic rings. The van der Waals surface area contributed by atoms with Crippen molar-refractivity contribution >= 4 is 17.9 Å². The fraction of sp³-hybridized carbons (Fsp3) is 0.662. The molecule has 0 amide bonds. The Morgan fingerprint density at radius 2 is 0.687 bits per heavy atom. The van der Waals surface area contributed by atoms with E-state index >= 15 is 0 Å². The van der Waals surface area contributed by atoms with Gasteiger partial charge in [0, 0.05) is 12.8 Å². The van der Waals surface area contributed by atoms with Crippen LogP contribution in [0.25, 0.3) is 0 Å².